The molecule has 140 valence electrons. The molecule has 0 aliphatic rings. The van der Waals surface area contributed by atoms with Crippen molar-refractivity contribution in [2.45, 2.75) is 6.54 Å². The number of nitrogens with one attached hydrogen (secondary N) is 1. The van der Waals surface area contributed by atoms with Crippen LogP contribution in [0.5, 0.6) is 0 Å². The molecule has 0 saturated carbocycles. The first-order valence-corrected chi connectivity index (χ1v) is 8.43. The highest BCUT2D eigenvalue weighted by molar-refractivity contribution is 6.02. The SMILES string of the molecule is COCCN(Cc1ccco1)C(=O)c1ccc(NC(=O)c2ccco2)cc1. The molecular formula is C20H20N2O5. The zero-order valence-electron chi connectivity index (χ0n) is 14.9. The number of carbonyl (C=O) groups is 2. The molecule has 0 spiro atoms. The van der Waals surface area contributed by atoms with E-state index >= 15 is 0 Å². The minimum absolute atomic E-state index is 0.146. The van der Waals surface area contributed by atoms with Crippen molar-refractivity contribution in [1.29, 1.82) is 0 Å². The van der Waals surface area contributed by atoms with E-state index in [4.69, 9.17) is 13.6 Å². The fraction of sp³-hybridized carbons (Fsp3) is 0.200. The summed E-state index contributed by atoms with van der Waals surface area (Å²) in [5, 5.41) is 2.72. The molecule has 3 aromatic rings. The van der Waals surface area contributed by atoms with Crippen molar-refractivity contribution in [3.8, 4) is 0 Å². The topological polar surface area (TPSA) is 84.9 Å². The molecule has 2 amide bonds. The zero-order chi connectivity index (χ0) is 19.1. The monoisotopic (exact) mass is 368 g/mol. The number of carbonyl (C=O) groups excluding carboxylic acids is 2. The van der Waals surface area contributed by atoms with E-state index in [2.05, 4.69) is 5.32 Å². The van der Waals surface area contributed by atoms with E-state index in [0.717, 1.165) is 0 Å². The second-order valence-corrected chi connectivity index (χ2v) is 5.81. The molecule has 7 heteroatoms. The number of nitrogens with zero attached hydrogens (tertiary/aromatic N) is 1. The average molecular weight is 368 g/mol. The lowest BCUT2D eigenvalue weighted by Gasteiger charge is -2.21. The van der Waals surface area contributed by atoms with Gasteiger partial charge in [-0.15, -0.1) is 0 Å². The van der Waals surface area contributed by atoms with Crippen molar-refractivity contribution >= 4 is 17.5 Å². The minimum Gasteiger partial charge on any atom is -0.467 e. The van der Waals surface area contributed by atoms with Crippen LogP contribution in [-0.4, -0.2) is 37.0 Å². The summed E-state index contributed by atoms with van der Waals surface area (Å²) in [5.41, 5.74) is 1.08. The number of rotatable bonds is 8. The van der Waals surface area contributed by atoms with Crippen LogP contribution in [-0.2, 0) is 11.3 Å². The van der Waals surface area contributed by atoms with Crippen molar-refractivity contribution in [2.75, 3.05) is 25.6 Å². The van der Waals surface area contributed by atoms with Crippen molar-refractivity contribution in [1.82, 2.24) is 4.90 Å². The highest BCUT2D eigenvalue weighted by atomic mass is 16.5. The van der Waals surface area contributed by atoms with Crippen molar-refractivity contribution < 1.29 is 23.2 Å². The molecule has 0 aliphatic carbocycles. The first-order chi connectivity index (χ1) is 13.2. The van der Waals surface area contributed by atoms with Gasteiger partial charge in [0.1, 0.15) is 5.76 Å². The summed E-state index contributed by atoms with van der Waals surface area (Å²) in [6.07, 6.45) is 3.01. The summed E-state index contributed by atoms with van der Waals surface area (Å²) < 4.78 is 15.5. The molecule has 0 aliphatic heterocycles. The Bertz CT molecular complexity index is 854. The minimum atomic E-state index is -0.349. The Balaban J connectivity index is 1.67. The van der Waals surface area contributed by atoms with Gasteiger partial charge in [0.2, 0.25) is 0 Å². The molecule has 1 aromatic carbocycles. The van der Waals surface area contributed by atoms with Crippen LogP contribution >= 0.6 is 0 Å². The van der Waals surface area contributed by atoms with Gasteiger partial charge in [-0.25, -0.2) is 0 Å². The summed E-state index contributed by atoms with van der Waals surface area (Å²) in [7, 11) is 1.59. The first-order valence-electron chi connectivity index (χ1n) is 8.43. The van der Waals surface area contributed by atoms with E-state index in [1.165, 1.54) is 6.26 Å². The number of amides is 2. The van der Waals surface area contributed by atoms with Crippen LogP contribution in [0.2, 0.25) is 0 Å². The third-order valence-electron chi connectivity index (χ3n) is 3.91. The quantitative estimate of drug-likeness (QED) is 0.659. The Morgan fingerprint density at radius 3 is 2.41 bits per heavy atom. The standard InChI is InChI=1S/C20H20N2O5/c1-25-13-10-22(14-17-4-2-11-26-17)20(24)15-6-8-16(9-7-15)21-19(23)18-5-3-12-27-18/h2-9,11-12H,10,13-14H2,1H3,(H,21,23). The highest BCUT2D eigenvalue weighted by Crippen LogP contribution is 2.15. The molecule has 7 nitrogen and oxygen atoms in total. The molecule has 0 bridgehead atoms. The van der Waals surface area contributed by atoms with Gasteiger partial charge in [-0.3, -0.25) is 9.59 Å². The Hall–Kier alpha value is -3.32. The fourth-order valence-corrected chi connectivity index (χ4v) is 2.52. The van der Waals surface area contributed by atoms with Crippen LogP contribution in [0.25, 0.3) is 0 Å². The van der Waals surface area contributed by atoms with Gasteiger partial charge < -0.3 is 23.8 Å². The maximum Gasteiger partial charge on any atom is 0.291 e. The summed E-state index contributed by atoms with van der Waals surface area (Å²) in [6.45, 7) is 1.21. The van der Waals surface area contributed by atoms with E-state index in [1.54, 1.807) is 60.7 Å². The van der Waals surface area contributed by atoms with Crippen LogP contribution in [0.15, 0.2) is 69.9 Å². The van der Waals surface area contributed by atoms with E-state index < -0.39 is 0 Å². The summed E-state index contributed by atoms with van der Waals surface area (Å²) >= 11 is 0. The molecular weight excluding hydrogens is 348 g/mol. The third kappa shape index (κ3) is 4.86. The smallest absolute Gasteiger partial charge is 0.291 e. The molecule has 0 unspecified atom stereocenters. The van der Waals surface area contributed by atoms with Gasteiger partial charge in [0.05, 0.1) is 25.7 Å². The van der Waals surface area contributed by atoms with E-state index in [1.807, 2.05) is 6.07 Å². The molecule has 0 saturated heterocycles. The second-order valence-electron chi connectivity index (χ2n) is 5.81. The molecule has 27 heavy (non-hydrogen) atoms. The highest BCUT2D eigenvalue weighted by Gasteiger charge is 2.17. The molecule has 0 fully saturated rings. The molecule has 3 rings (SSSR count). The number of furan rings is 2. The summed E-state index contributed by atoms with van der Waals surface area (Å²) in [5.74, 6) is 0.423. The third-order valence-corrected chi connectivity index (χ3v) is 3.91. The molecule has 1 N–H and O–H groups in total. The van der Waals surface area contributed by atoms with Gasteiger partial charge in [-0.05, 0) is 48.5 Å². The lowest BCUT2D eigenvalue weighted by molar-refractivity contribution is 0.0666. The van der Waals surface area contributed by atoms with Crippen LogP contribution < -0.4 is 5.32 Å². The number of hydrogen-bond acceptors (Lipinski definition) is 5. The van der Waals surface area contributed by atoms with Gasteiger partial charge in [0, 0.05) is 24.9 Å². The van der Waals surface area contributed by atoms with Crippen LogP contribution in [0.4, 0.5) is 5.69 Å². The average Bonchev–Trinajstić information content (AvgIpc) is 3.39. The largest absolute Gasteiger partial charge is 0.467 e. The van der Waals surface area contributed by atoms with Crippen molar-refractivity contribution in [3.05, 3.63) is 78.1 Å². The van der Waals surface area contributed by atoms with Gasteiger partial charge >= 0.3 is 0 Å². The van der Waals surface area contributed by atoms with Crippen LogP contribution in [0.3, 0.4) is 0 Å². The predicted octanol–water partition coefficient (Wildman–Crippen LogP) is 3.41. The number of methoxy groups -OCH3 is 1. The first kappa shape index (κ1) is 18.5. The maximum absolute atomic E-state index is 12.8. The normalized spacial score (nSPS) is 10.6. The van der Waals surface area contributed by atoms with Crippen LogP contribution in [0.1, 0.15) is 26.7 Å². The fourth-order valence-electron chi connectivity index (χ4n) is 2.52. The van der Waals surface area contributed by atoms with Crippen molar-refractivity contribution in [3.63, 3.8) is 0 Å². The lowest BCUT2D eigenvalue weighted by Crippen LogP contribution is -2.33. The Morgan fingerprint density at radius 2 is 1.78 bits per heavy atom. The Morgan fingerprint density at radius 1 is 1.04 bits per heavy atom. The number of ether oxygens (including phenoxy) is 1. The summed E-state index contributed by atoms with van der Waals surface area (Å²) in [4.78, 5) is 26.5. The zero-order valence-corrected chi connectivity index (χ0v) is 14.9. The predicted molar refractivity (Wildman–Crippen MR) is 98.4 cm³/mol. The summed E-state index contributed by atoms with van der Waals surface area (Å²) in [6, 6.07) is 13.5. The number of anilines is 1. The van der Waals surface area contributed by atoms with E-state index in [0.29, 0.717) is 36.7 Å². The molecule has 2 heterocycles. The molecule has 0 atom stereocenters. The lowest BCUT2D eigenvalue weighted by atomic mass is 10.1. The van der Waals surface area contributed by atoms with Gasteiger partial charge in [-0.2, -0.15) is 0 Å². The van der Waals surface area contributed by atoms with Crippen LogP contribution in [0, 0.1) is 0 Å². The Labute approximate surface area is 156 Å². The molecule has 2 aromatic heterocycles. The number of benzene rings is 1. The Kier molecular flexibility index (Phi) is 6.06. The second kappa shape index (κ2) is 8.86. The van der Waals surface area contributed by atoms with E-state index in [-0.39, 0.29) is 17.6 Å². The van der Waals surface area contributed by atoms with Gasteiger partial charge in [0.25, 0.3) is 11.8 Å². The van der Waals surface area contributed by atoms with E-state index in [9.17, 15) is 9.59 Å². The number of hydrogen-bond donors (Lipinski definition) is 1. The van der Waals surface area contributed by atoms with Crippen molar-refractivity contribution in [2.24, 2.45) is 0 Å². The molecule has 0 radical (unpaired) electrons. The van der Waals surface area contributed by atoms with Gasteiger partial charge in [0.15, 0.2) is 5.76 Å². The van der Waals surface area contributed by atoms with Gasteiger partial charge in [-0.1, -0.05) is 0 Å². The maximum atomic E-state index is 12.8.